The van der Waals surface area contributed by atoms with Crippen LogP contribution < -0.4 is 0 Å². The van der Waals surface area contributed by atoms with Crippen molar-refractivity contribution in [1.29, 1.82) is 0 Å². The summed E-state index contributed by atoms with van der Waals surface area (Å²) >= 11 is 0. The van der Waals surface area contributed by atoms with Crippen molar-refractivity contribution in [1.82, 2.24) is 9.80 Å². The molecule has 0 aromatic heterocycles. The highest BCUT2D eigenvalue weighted by Crippen LogP contribution is 2.20. The summed E-state index contributed by atoms with van der Waals surface area (Å²) in [5, 5.41) is 0. The minimum atomic E-state index is 0.0898. The molecule has 0 aromatic rings. The Labute approximate surface area is 126 Å². The van der Waals surface area contributed by atoms with Gasteiger partial charge in [0.15, 0.2) is 0 Å². The maximum absolute atomic E-state index is 12.4. The molecule has 0 spiro atoms. The number of nitrogens with zero attached hydrogens (tertiary/aromatic N) is 2. The Balaban J connectivity index is 4.10. The highest BCUT2D eigenvalue weighted by atomic mass is 16.2. The van der Waals surface area contributed by atoms with Gasteiger partial charge < -0.3 is 9.80 Å². The van der Waals surface area contributed by atoms with E-state index in [9.17, 15) is 4.79 Å². The van der Waals surface area contributed by atoms with Crippen LogP contribution in [0.4, 0.5) is 0 Å². The van der Waals surface area contributed by atoms with Crippen molar-refractivity contribution >= 4 is 5.91 Å². The van der Waals surface area contributed by atoms with Crippen LogP contribution in [0.15, 0.2) is 0 Å². The summed E-state index contributed by atoms with van der Waals surface area (Å²) in [5.41, 5.74) is 0.0898. The molecule has 0 heterocycles. The molecule has 0 bridgehead atoms. The summed E-state index contributed by atoms with van der Waals surface area (Å²) in [6, 6.07) is 0. The van der Waals surface area contributed by atoms with E-state index in [0.717, 1.165) is 38.9 Å². The number of amides is 1. The molecule has 0 aliphatic heterocycles. The summed E-state index contributed by atoms with van der Waals surface area (Å²) in [6.07, 6.45) is 6.50. The maximum Gasteiger partial charge on any atom is 0.223 e. The molecule has 0 unspecified atom stereocenters. The van der Waals surface area contributed by atoms with Crippen LogP contribution in [-0.4, -0.2) is 49.4 Å². The van der Waals surface area contributed by atoms with E-state index in [4.69, 9.17) is 0 Å². The van der Waals surface area contributed by atoms with Gasteiger partial charge in [0.05, 0.1) is 0 Å². The molecule has 0 N–H and O–H groups in total. The predicted molar refractivity (Wildman–Crippen MR) is 88.0 cm³/mol. The molecule has 0 radical (unpaired) electrons. The molecule has 1 amide bonds. The quantitative estimate of drug-likeness (QED) is 0.570. The number of hydrogen-bond donors (Lipinski definition) is 0. The number of unbranched alkanes of at least 4 members (excludes halogenated alkanes) is 3. The van der Waals surface area contributed by atoms with Crippen LogP contribution in [0.1, 0.15) is 66.2 Å². The van der Waals surface area contributed by atoms with Crippen LogP contribution in [-0.2, 0) is 4.79 Å². The van der Waals surface area contributed by atoms with E-state index < -0.39 is 0 Å². The molecule has 0 fully saturated rings. The van der Waals surface area contributed by atoms with Gasteiger partial charge in [0, 0.05) is 19.5 Å². The molecular formula is C17H36N2O. The van der Waals surface area contributed by atoms with Crippen molar-refractivity contribution in [3.8, 4) is 0 Å². The van der Waals surface area contributed by atoms with Crippen LogP contribution in [0.3, 0.4) is 0 Å². The second-order valence-electron chi connectivity index (χ2n) is 7.34. The minimum Gasteiger partial charge on any atom is -0.343 e. The van der Waals surface area contributed by atoms with Gasteiger partial charge in [-0.2, -0.15) is 0 Å². The molecule has 120 valence electrons. The molecule has 0 saturated carbocycles. The van der Waals surface area contributed by atoms with Gasteiger partial charge in [0.25, 0.3) is 0 Å². The Kier molecular flexibility index (Phi) is 9.91. The molecule has 0 atom stereocenters. The van der Waals surface area contributed by atoms with Gasteiger partial charge in [-0.25, -0.2) is 0 Å². The van der Waals surface area contributed by atoms with Crippen molar-refractivity contribution in [3.63, 3.8) is 0 Å². The zero-order valence-corrected chi connectivity index (χ0v) is 14.7. The molecule has 0 aliphatic carbocycles. The topological polar surface area (TPSA) is 23.6 Å². The number of carbonyl (C=O) groups excluding carboxylic acids is 1. The summed E-state index contributed by atoms with van der Waals surface area (Å²) in [4.78, 5) is 16.7. The largest absolute Gasteiger partial charge is 0.343 e. The first-order valence-electron chi connectivity index (χ1n) is 8.19. The van der Waals surface area contributed by atoms with E-state index in [1.54, 1.807) is 0 Å². The van der Waals surface area contributed by atoms with Crippen LogP contribution in [0.5, 0.6) is 0 Å². The first-order chi connectivity index (χ1) is 9.26. The minimum absolute atomic E-state index is 0.0898. The summed E-state index contributed by atoms with van der Waals surface area (Å²) < 4.78 is 0. The van der Waals surface area contributed by atoms with Crippen molar-refractivity contribution in [3.05, 3.63) is 0 Å². The fourth-order valence-electron chi connectivity index (χ4n) is 2.18. The van der Waals surface area contributed by atoms with Crippen LogP contribution >= 0.6 is 0 Å². The van der Waals surface area contributed by atoms with Crippen molar-refractivity contribution in [2.24, 2.45) is 5.41 Å². The molecule has 20 heavy (non-hydrogen) atoms. The van der Waals surface area contributed by atoms with Gasteiger partial charge in [-0.15, -0.1) is 0 Å². The third-order valence-electron chi connectivity index (χ3n) is 3.35. The Morgan fingerprint density at radius 1 is 0.900 bits per heavy atom. The van der Waals surface area contributed by atoms with E-state index in [1.165, 1.54) is 12.8 Å². The van der Waals surface area contributed by atoms with Crippen molar-refractivity contribution in [2.45, 2.75) is 66.2 Å². The lowest BCUT2D eigenvalue weighted by Gasteiger charge is -2.27. The molecule has 0 aliphatic rings. The summed E-state index contributed by atoms with van der Waals surface area (Å²) in [5.74, 6) is 0.332. The fraction of sp³-hybridized carbons (Fsp3) is 0.941. The SMILES string of the molecule is CCCCN(CCCCCN(C)C)C(=O)CC(C)(C)C. The predicted octanol–water partition coefficient (Wildman–Crippen LogP) is 3.78. The van der Waals surface area contributed by atoms with Crippen molar-refractivity contribution in [2.75, 3.05) is 33.7 Å². The standard InChI is InChI=1S/C17H36N2O/c1-7-8-13-19(16(20)15-17(2,3)4)14-11-9-10-12-18(5)6/h7-15H2,1-6H3. The zero-order chi connectivity index (χ0) is 15.6. The Morgan fingerprint density at radius 3 is 1.95 bits per heavy atom. The van der Waals surface area contributed by atoms with E-state index in [1.807, 2.05) is 0 Å². The van der Waals surface area contributed by atoms with Gasteiger partial charge in [0.2, 0.25) is 5.91 Å². The smallest absolute Gasteiger partial charge is 0.223 e. The Morgan fingerprint density at radius 2 is 1.45 bits per heavy atom. The lowest BCUT2D eigenvalue weighted by molar-refractivity contribution is -0.133. The third-order valence-corrected chi connectivity index (χ3v) is 3.35. The second kappa shape index (κ2) is 10.2. The average molecular weight is 284 g/mol. The molecule has 0 saturated heterocycles. The lowest BCUT2D eigenvalue weighted by atomic mass is 9.91. The third kappa shape index (κ3) is 11.3. The van der Waals surface area contributed by atoms with E-state index in [2.05, 4.69) is 51.6 Å². The molecular weight excluding hydrogens is 248 g/mol. The normalized spacial score (nSPS) is 11.9. The molecule has 3 nitrogen and oxygen atoms in total. The number of rotatable bonds is 10. The van der Waals surface area contributed by atoms with Gasteiger partial charge in [-0.3, -0.25) is 4.79 Å². The van der Waals surface area contributed by atoms with Crippen LogP contribution in [0, 0.1) is 5.41 Å². The van der Waals surface area contributed by atoms with Crippen LogP contribution in [0.25, 0.3) is 0 Å². The van der Waals surface area contributed by atoms with E-state index in [0.29, 0.717) is 12.3 Å². The maximum atomic E-state index is 12.4. The monoisotopic (exact) mass is 284 g/mol. The summed E-state index contributed by atoms with van der Waals surface area (Å²) in [7, 11) is 4.22. The van der Waals surface area contributed by atoms with E-state index >= 15 is 0 Å². The first-order valence-corrected chi connectivity index (χ1v) is 8.19. The van der Waals surface area contributed by atoms with E-state index in [-0.39, 0.29) is 5.41 Å². The molecule has 0 aromatic carbocycles. The highest BCUT2D eigenvalue weighted by molar-refractivity contribution is 5.76. The number of hydrogen-bond acceptors (Lipinski definition) is 2. The van der Waals surface area contributed by atoms with Crippen molar-refractivity contribution < 1.29 is 4.79 Å². The van der Waals surface area contributed by atoms with Gasteiger partial charge >= 0.3 is 0 Å². The molecule has 0 rings (SSSR count). The van der Waals surface area contributed by atoms with Gasteiger partial charge in [-0.1, -0.05) is 40.5 Å². The zero-order valence-electron chi connectivity index (χ0n) is 14.7. The van der Waals surface area contributed by atoms with Gasteiger partial charge in [0.1, 0.15) is 0 Å². The molecule has 3 heteroatoms. The Bertz CT molecular complexity index is 256. The summed E-state index contributed by atoms with van der Waals surface area (Å²) in [6.45, 7) is 11.6. The second-order valence-corrected chi connectivity index (χ2v) is 7.34. The van der Waals surface area contributed by atoms with Crippen LogP contribution in [0.2, 0.25) is 0 Å². The lowest BCUT2D eigenvalue weighted by Crippen LogP contribution is -2.35. The highest BCUT2D eigenvalue weighted by Gasteiger charge is 2.20. The average Bonchev–Trinajstić information content (AvgIpc) is 2.29. The fourth-order valence-corrected chi connectivity index (χ4v) is 2.18. The number of carbonyl (C=O) groups is 1. The van der Waals surface area contributed by atoms with Gasteiger partial charge in [-0.05, 0) is 45.3 Å². The Hall–Kier alpha value is -0.570. The first kappa shape index (κ1) is 19.4.